The van der Waals surface area contributed by atoms with Gasteiger partial charge >= 0.3 is 0 Å². The minimum atomic E-state index is -3.63. The lowest BCUT2D eigenvalue weighted by molar-refractivity contribution is 0.391. The summed E-state index contributed by atoms with van der Waals surface area (Å²) in [6.45, 7) is 1.82. The standard InChI is InChI=1S/C20H24N4O5S/c1-13-11-12-17(29-13)19-21-22-20(23-30(25,26)14-7-4-5-8-14)24(19)18-15(27-2)9-6-10-16(18)28-3/h6,9-12,14H,4-5,7-8H2,1-3H3,(H,22,23). The average Bonchev–Trinajstić information content (AvgIpc) is 3.48. The highest BCUT2D eigenvalue weighted by Gasteiger charge is 2.32. The van der Waals surface area contributed by atoms with E-state index >= 15 is 0 Å². The Morgan fingerprint density at radius 2 is 1.73 bits per heavy atom. The minimum absolute atomic E-state index is 0.0498. The Balaban J connectivity index is 1.90. The maximum Gasteiger partial charge on any atom is 0.243 e. The zero-order valence-corrected chi connectivity index (χ0v) is 17.9. The Hall–Kier alpha value is -3.01. The summed E-state index contributed by atoms with van der Waals surface area (Å²) in [5.41, 5.74) is 0.473. The molecule has 0 unspecified atom stereocenters. The van der Waals surface area contributed by atoms with E-state index in [0.29, 0.717) is 47.4 Å². The monoisotopic (exact) mass is 432 g/mol. The summed E-state index contributed by atoms with van der Waals surface area (Å²) in [7, 11) is -0.573. The second-order valence-electron chi connectivity index (χ2n) is 7.16. The van der Waals surface area contributed by atoms with E-state index in [0.717, 1.165) is 12.8 Å². The molecule has 0 saturated heterocycles. The number of rotatable bonds is 7. The molecule has 1 aromatic carbocycles. The van der Waals surface area contributed by atoms with Crippen molar-refractivity contribution in [1.29, 1.82) is 0 Å². The number of ether oxygens (including phenoxy) is 2. The normalized spacial score (nSPS) is 14.8. The number of furan rings is 1. The maximum absolute atomic E-state index is 13.0. The summed E-state index contributed by atoms with van der Waals surface area (Å²) < 4.78 is 46.9. The summed E-state index contributed by atoms with van der Waals surface area (Å²) in [5, 5.41) is 7.91. The van der Waals surface area contributed by atoms with Gasteiger partial charge in [0.05, 0.1) is 19.5 Å². The first-order chi connectivity index (χ1) is 14.4. The fraction of sp³-hybridized carbons (Fsp3) is 0.400. The Bertz CT molecular complexity index is 1120. The Labute approximate surface area is 175 Å². The Morgan fingerprint density at radius 1 is 1.07 bits per heavy atom. The molecule has 0 amide bonds. The molecule has 1 aliphatic carbocycles. The van der Waals surface area contributed by atoms with Crippen molar-refractivity contribution in [3.05, 3.63) is 36.1 Å². The van der Waals surface area contributed by atoms with Gasteiger partial charge in [0.25, 0.3) is 0 Å². The van der Waals surface area contributed by atoms with Crippen LogP contribution in [0.3, 0.4) is 0 Å². The molecule has 0 bridgehead atoms. The van der Waals surface area contributed by atoms with Crippen molar-refractivity contribution in [2.45, 2.75) is 37.9 Å². The molecule has 0 atom stereocenters. The summed E-state index contributed by atoms with van der Waals surface area (Å²) >= 11 is 0. The molecule has 9 nitrogen and oxygen atoms in total. The molecule has 10 heteroatoms. The number of nitrogens with one attached hydrogen (secondary N) is 1. The van der Waals surface area contributed by atoms with Crippen LogP contribution in [0.5, 0.6) is 11.5 Å². The van der Waals surface area contributed by atoms with Crippen LogP contribution in [-0.2, 0) is 10.0 Å². The first-order valence-electron chi connectivity index (χ1n) is 9.70. The zero-order chi connectivity index (χ0) is 21.3. The summed E-state index contributed by atoms with van der Waals surface area (Å²) in [6.07, 6.45) is 3.06. The van der Waals surface area contributed by atoms with Gasteiger partial charge in [-0.2, -0.15) is 0 Å². The predicted molar refractivity (Wildman–Crippen MR) is 112 cm³/mol. The van der Waals surface area contributed by atoms with Crippen molar-refractivity contribution in [2.24, 2.45) is 0 Å². The number of sulfonamides is 1. The van der Waals surface area contributed by atoms with Crippen LogP contribution in [0.2, 0.25) is 0 Å². The molecule has 1 saturated carbocycles. The fourth-order valence-electron chi connectivity index (χ4n) is 3.74. The smallest absolute Gasteiger partial charge is 0.243 e. The highest BCUT2D eigenvalue weighted by molar-refractivity contribution is 7.93. The van der Waals surface area contributed by atoms with E-state index in [1.54, 1.807) is 34.9 Å². The number of hydrogen-bond acceptors (Lipinski definition) is 7. The van der Waals surface area contributed by atoms with Crippen molar-refractivity contribution in [2.75, 3.05) is 18.9 Å². The molecule has 2 heterocycles. The third-order valence-electron chi connectivity index (χ3n) is 5.22. The third kappa shape index (κ3) is 3.62. The molecule has 3 aromatic rings. The van der Waals surface area contributed by atoms with Gasteiger partial charge in [-0.15, -0.1) is 10.2 Å². The maximum atomic E-state index is 13.0. The van der Waals surface area contributed by atoms with Gasteiger partial charge in [-0.05, 0) is 44.0 Å². The number of anilines is 1. The van der Waals surface area contributed by atoms with Crippen LogP contribution in [0.4, 0.5) is 5.95 Å². The van der Waals surface area contributed by atoms with Crippen LogP contribution >= 0.6 is 0 Å². The van der Waals surface area contributed by atoms with Gasteiger partial charge in [0.15, 0.2) is 5.76 Å². The summed E-state index contributed by atoms with van der Waals surface area (Å²) in [5.74, 6) is 2.46. The highest BCUT2D eigenvalue weighted by Crippen LogP contribution is 2.38. The van der Waals surface area contributed by atoms with Gasteiger partial charge in [0.2, 0.25) is 21.8 Å². The van der Waals surface area contributed by atoms with Gasteiger partial charge in [0, 0.05) is 0 Å². The van der Waals surface area contributed by atoms with Crippen molar-refractivity contribution in [3.63, 3.8) is 0 Å². The number of aryl methyl sites for hydroxylation is 1. The second kappa shape index (κ2) is 8.02. The molecular weight excluding hydrogens is 408 g/mol. The third-order valence-corrected chi connectivity index (χ3v) is 7.04. The molecule has 0 radical (unpaired) electrons. The van der Waals surface area contributed by atoms with Gasteiger partial charge in [-0.3, -0.25) is 9.29 Å². The first kappa shape index (κ1) is 20.3. The zero-order valence-electron chi connectivity index (χ0n) is 17.1. The van der Waals surface area contributed by atoms with Crippen molar-refractivity contribution in [3.8, 4) is 28.8 Å². The van der Waals surface area contributed by atoms with Crippen LogP contribution < -0.4 is 14.2 Å². The van der Waals surface area contributed by atoms with E-state index in [-0.39, 0.29) is 5.95 Å². The van der Waals surface area contributed by atoms with E-state index in [1.165, 1.54) is 14.2 Å². The van der Waals surface area contributed by atoms with E-state index in [9.17, 15) is 8.42 Å². The molecule has 2 aromatic heterocycles. The Kier molecular flexibility index (Phi) is 5.42. The van der Waals surface area contributed by atoms with E-state index in [4.69, 9.17) is 13.9 Å². The molecule has 1 aliphatic rings. The number of nitrogens with zero attached hydrogens (tertiary/aromatic N) is 3. The lowest BCUT2D eigenvalue weighted by Crippen LogP contribution is -2.27. The summed E-state index contributed by atoms with van der Waals surface area (Å²) in [4.78, 5) is 0. The number of hydrogen-bond donors (Lipinski definition) is 1. The second-order valence-corrected chi connectivity index (χ2v) is 9.12. The van der Waals surface area contributed by atoms with E-state index in [1.807, 2.05) is 6.92 Å². The van der Waals surface area contributed by atoms with Crippen LogP contribution in [0.1, 0.15) is 31.4 Å². The lowest BCUT2D eigenvalue weighted by atomic mass is 10.2. The summed E-state index contributed by atoms with van der Waals surface area (Å²) in [6, 6.07) is 8.85. The SMILES string of the molecule is COc1cccc(OC)c1-n1c(NS(=O)(=O)C2CCCC2)nnc1-c1ccc(C)o1. The van der Waals surface area contributed by atoms with Gasteiger partial charge in [0.1, 0.15) is 22.9 Å². The number of benzene rings is 1. The van der Waals surface area contributed by atoms with Crippen LogP contribution in [0.15, 0.2) is 34.7 Å². The molecule has 0 spiro atoms. The topological polar surface area (TPSA) is 108 Å². The Morgan fingerprint density at radius 3 is 2.30 bits per heavy atom. The first-order valence-corrected chi connectivity index (χ1v) is 11.2. The molecule has 4 rings (SSSR count). The lowest BCUT2D eigenvalue weighted by Gasteiger charge is -2.18. The van der Waals surface area contributed by atoms with Crippen molar-refractivity contribution < 1.29 is 22.3 Å². The van der Waals surface area contributed by atoms with Crippen LogP contribution in [0.25, 0.3) is 17.3 Å². The molecule has 0 aliphatic heterocycles. The van der Waals surface area contributed by atoms with Gasteiger partial charge in [-0.25, -0.2) is 8.42 Å². The quantitative estimate of drug-likeness (QED) is 0.608. The van der Waals surface area contributed by atoms with Crippen LogP contribution in [0, 0.1) is 6.92 Å². The predicted octanol–water partition coefficient (Wildman–Crippen LogP) is 3.54. The number of para-hydroxylation sites is 1. The number of methoxy groups -OCH3 is 2. The van der Waals surface area contributed by atoms with Crippen molar-refractivity contribution >= 4 is 16.0 Å². The molecular formula is C20H24N4O5S. The van der Waals surface area contributed by atoms with Gasteiger partial charge < -0.3 is 13.9 Å². The molecule has 1 N–H and O–H groups in total. The van der Waals surface area contributed by atoms with Crippen molar-refractivity contribution in [1.82, 2.24) is 14.8 Å². The molecule has 30 heavy (non-hydrogen) atoms. The van der Waals surface area contributed by atoms with Crippen LogP contribution in [-0.4, -0.2) is 42.7 Å². The molecule has 1 fully saturated rings. The highest BCUT2D eigenvalue weighted by atomic mass is 32.2. The molecule has 160 valence electrons. The number of aromatic nitrogens is 3. The fourth-order valence-corrected chi connectivity index (χ4v) is 5.24. The van der Waals surface area contributed by atoms with E-state index < -0.39 is 15.3 Å². The van der Waals surface area contributed by atoms with E-state index in [2.05, 4.69) is 14.9 Å². The average molecular weight is 433 g/mol. The largest absolute Gasteiger partial charge is 0.494 e. The van der Waals surface area contributed by atoms with Gasteiger partial charge in [-0.1, -0.05) is 18.9 Å². The minimum Gasteiger partial charge on any atom is -0.494 e.